The molecule has 0 saturated heterocycles. The summed E-state index contributed by atoms with van der Waals surface area (Å²) in [7, 11) is 1.76. The van der Waals surface area contributed by atoms with Crippen molar-refractivity contribution in [3.8, 4) is 11.4 Å². The van der Waals surface area contributed by atoms with Crippen LogP contribution < -0.4 is 5.32 Å². The van der Waals surface area contributed by atoms with Crippen molar-refractivity contribution in [1.82, 2.24) is 25.5 Å². The molecule has 0 aliphatic rings. The van der Waals surface area contributed by atoms with Crippen molar-refractivity contribution >= 4 is 5.91 Å². The molecule has 23 heavy (non-hydrogen) atoms. The minimum atomic E-state index is -0.122. The number of carbonyl (C=O) groups is 1. The quantitative estimate of drug-likeness (QED) is 0.801. The van der Waals surface area contributed by atoms with Crippen LogP contribution in [0, 0.1) is 6.92 Å². The van der Waals surface area contributed by atoms with E-state index in [0.29, 0.717) is 17.9 Å². The van der Waals surface area contributed by atoms with Gasteiger partial charge in [-0.3, -0.25) is 4.79 Å². The standard InChI is InChI=1S/C17H17N5O/c1-12-5-3-6-13(9-12)11-18-17(23)15-8-4-7-14(10-15)16-19-20-21-22(16)2/h3-10H,11H2,1-2H3,(H,18,23). The molecule has 3 aromatic rings. The molecule has 0 bridgehead atoms. The van der Waals surface area contributed by atoms with Crippen LogP contribution in [0.15, 0.2) is 48.5 Å². The fourth-order valence-electron chi connectivity index (χ4n) is 2.38. The van der Waals surface area contributed by atoms with Crippen molar-refractivity contribution < 1.29 is 4.79 Å². The molecule has 6 nitrogen and oxygen atoms in total. The zero-order valence-corrected chi connectivity index (χ0v) is 13.0. The molecule has 1 amide bonds. The highest BCUT2D eigenvalue weighted by Crippen LogP contribution is 2.16. The molecule has 6 heteroatoms. The SMILES string of the molecule is Cc1cccc(CNC(=O)c2cccc(-c3nnnn3C)c2)c1. The summed E-state index contributed by atoms with van der Waals surface area (Å²) < 4.78 is 1.57. The number of rotatable bonds is 4. The molecule has 116 valence electrons. The minimum Gasteiger partial charge on any atom is -0.348 e. The van der Waals surface area contributed by atoms with Gasteiger partial charge >= 0.3 is 0 Å². The molecule has 0 aliphatic carbocycles. The van der Waals surface area contributed by atoms with Crippen LogP contribution in [-0.4, -0.2) is 26.1 Å². The minimum absolute atomic E-state index is 0.122. The summed E-state index contributed by atoms with van der Waals surface area (Å²) in [6, 6.07) is 15.3. The monoisotopic (exact) mass is 307 g/mol. The van der Waals surface area contributed by atoms with E-state index in [2.05, 4.69) is 26.9 Å². The summed E-state index contributed by atoms with van der Waals surface area (Å²) in [6.45, 7) is 2.53. The Morgan fingerprint density at radius 3 is 2.74 bits per heavy atom. The molecule has 0 atom stereocenters. The first-order valence-corrected chi connectivity index (χ1v) is 7.30. The van der Waals surface area contributed by atoms with E-state index in [-0.39, 0.29) is 5.91 Å². The van der Waals surface area contributed by atoms with Gasteiger partial charge in [0.2, 0.25) is 0 Å². The third kappa shape index (κ3) is 3.42. The van der Waals surface area contributed by atoms with E-state index in [9.17, 15) is 4.79 Å². The van der Waals surface area contributed by atoms with Crippen LogP contribution in [0.4, 0.5) is 0 Å². The molecule has 2 aromatic carbocycles. The number of nitrogens with zero attached hydrogens (tertiary/aromatic N) is 4. The van der Waals surface area contributed by atoms with Gasteiger partial charge in [0.15, 0.2) is 5.82 Å². The Labute approximate surface area is 134 Å². The van der Waals surface area contributed by atoms with Crippen molar-refractivity contribution in [1.29, 1.82) is 0 Å². The fourth-order valence-corrected chi connectivity index (χ4v) is 2.38. The molecule has 0 radical (unpaired) electrons. The smallest absolute Gasteiger partial charge is 0.251 e. The zero-order valence-electron chi connectivity index (χ0n) is 13.0. The molecule has 0 unspecified atom stereocenters. The molecule has 1 heterocycles. The summed E-state index contributed by atoms with van der Waals surface area (Å²) in [5.74, 6) is 0.502. The fraction of sp³-hybridized carbons (Fsp3) is 0.176. The van der Waals surface area contributed by atoms with Crippen molar-refractivity contribution in [2.75, 3.05) is 0 Å². The van der Waals surface area contributed by atoms with Crippen molar-refractivity contribution in [3.63, 3.8) is 0 Å². The second-order valence-corrected chi connectivity index (χ2v) is 5.38. The summed E-state index contributed by atoms with van der Waals surface area (Å²) in [5.41, 5.74) is 3.64. The lowest BCUT2D eigenvalue weighted by Gasteiger charge is -2.07. The second-order valence-electron chi connectivity index (χ2n) is 5.38. The number of aryl methyl sites for hydroxylation is 2. The van der Waals surface area contributed by atoms with E-state index in [4.69, 9.17) is 0 Å². The van der Waals surface area contributed by atoms with Crippen LogP contribution in [-0.2, 0) is 13.6 Å². The maximum absolute atomic E-state index is 12.3. The lowest BCUT2D eigenvalue weighted by atomic mass is 10.1. The highest BCUT2D eigenvalue weighted by Gasteiger charge is 2.10. The first-order chi connectivity index (χ1) is 11.1. The predicted molar refractivity (Wildman–Crippen MR) is 86.6 cm³/mol. The highest BCUT2D eigenvalue weighted by atomic mass is 16.1. The molecule has 1 aromatic heterocycles. The summed E-state index contributed by atoms with van der Waals surface area (Å²) in [6.07, 6.45) is 0. The van der Waals surface area contributed by atoms with Crippen molar-refractivity contribution in [3.05, 3.63) is 65.2 Å². The normalized spacial score (nSPS) is 10.5. The van der Waals surface area contributed by atoms with E-state index in [1.807, 2.05) is 37.3 Å². The van der Waals surface area contributed by atoms with Crippen LogP contribution in [0.25, 0.3) is 11.4 Å². The highest BCUT2D eigenvalue weighted by molar-refractivity contribution is 5.95. The van der Waals surface area contributed by atoms with Gasteiger partial charge in [-0.25, -0.2) is 4.68 Å². The first-order valence-electron chi connectivity index (χ1n) is 7.30. The molecular formula is C17H17N5O. The number of amides is 1. The maximum atomic E-state index is 12.3. The molecule has 1 N–H and O–H groups in total. The van der Waals surface area contributed by atoms with Crippen LogP contribution in [0.1, 0.15) is 21.5 Å². The van der Waals surface area contributed by atoms with Gasteiger partial charge in [0, 0.05) is 24.7 Å². The van der Waals surface area contributed by atoms with E-state index in [0.717, 1.165) is 11.1 Å². The van der Waals surface area contributed by atoms with Crippen LogP contribution in [0.3, 0.4) is 0 Å². The summed E-state index contributed by atoms with van der Waals surface area (Å²) in [5, 5.41) is 14.3. The average molecular weight is 307 g/mol. The number of aromatic nitrogens is 4. The molecular weight excluding hydrogens is 290 g/mol. The lowest BCUT2D eigenvalue weighted by Crippen LogP contribution is -2.22. The Morgan fingerprint density at radius 1 is 1.17 bits per heavy atom. The number of hydrogen-bond acceptors (Lipinski definition) is 4. The van der Waals surface area contributed by atoms with E-state index in [1.54, 1.807) is 23.9 Å². The molecule has 3 rings (SSSR count). The topological polar surface area (TPSA) is 72.7 Å². The molecule has 0 spiro atoms. The number of benzene rings is 2. The Kier molecular flexibility index (Phi) is 4.14. The van der Waals surface area contributed by atoms with Crippen molar-refractivity contribution in [2.24, 2.45) is 7.05 Å². The third-order valence-corrected chi connectivity index (χ3v) is 3.54. The Morgan fingerprint density at radius 2 is 2.00 bits per heavy atom. The number of hydrogen-bond donors (Lipinski definition) is 1. The van der Waals surface area contributed by atoms with Crippen LogP contribution in [0.5, 0.6) is 0 Å². The first kappa shape index (κ1) is 14.9. The van der Waals surface area contributed by atoms with Crippen molar-refractivity contribution in [2.45, 2.75) is 13.5 Å². The van der Waals surface area contributed by atoms with E-state index < -0.39 is 0 Å². The predicted octanol–water partition coefficient (Wildman–Crippen LogP) is 2.12. The van der Waals surface area contributed by atoms with Gasteiger partial charge in [0.05, 0.1) is 0 Å². The Balaban J connectivity index is 1.74. The number of carbonyl (C=O) groups excluding carboxylic acids is 1. The molecule has 0 aliphatic heterocycles. The van der Waals surface area contributed by atoms with E-state index >= 15 is 0 Å². The number of nitrogens with one attached hydrogen (secondary N) is 1. The van der Waals surface area contributed by atoms with Gasteiger partial charge in [0.25, 0.3) is 5.91 Å². The largest absolute Gasteiger partial charge is 0.348 e. The van der Waals surface area contributed by atoms with Gasteiger partial charge in [-0.15, -0.1) is 5.10 Å². The number of tetrazole rings is 1. The van der Waals surface area contributed by atoms with E-state index in [1.165, 1.54) is 5.56 Å². The second kappa shape index (κ2) is 6.39. The van der Waals surface area contributed by atoms with Gasteiger partial charge in [-0.2, -0.15) is 0 Å². The van der Waals surface area contributed by atoms with Gasteiger partial charge in [-0.1, -0.05) is 42.0 Å². The van der Waals surface area contributed by atoms with Gasteiger partial charge in [0.1, 0.15) is 0 Å². The lowest BCUT2D eigenvalue weighted by molar-refractivity contribution is 0.0951. The molecule has 0 fully saturated rings. The Hall–Kier alpha value is -3.02. The summed E-state index contributed by atoms with van der Waals surface area (Å²) in [4.78, 5) is 12.3. The van der Waals surface area contributed by atoms with Crippen LogP contribution in [0.2, 0.25) is 0 Å². The Bertz CT molecular complexity index is 840. The zero-order chi connectivity index (χ0) is 16.2. The van der Waals surface area contributed by atoms with Crippen LogP contribution >= 0.6 is 0 Å². The van der Waals surface area contributed by atoms with Gasteiger partial charge < -0.3 is 5.32 Å². The third-order valence-electron chi connectivity index (χ3n) is 3.54. The maximum Gasteiger partial charge on any atom is 0.251 e. The van der Waals surface area contributed by atoms with Gasteiger partial charge in [-0.05, 0) is 35.0 Å². The summed E-state index contributed by atoms with van der Waals surface area (Å²) >= 11 is 0. The average Bonchev–Trinajstić information content (AvgIpc) is 2.99. The molecule has 0 saturated carbocycles.